The van der Waals surface area contributed by atoms with Gasteiger partial charge in [0.2, 0.25) is 0 Å². The number of thiazole rings is 1. The molecule has 20 heavy (non-hydrogen) atoms. The Labute approximate surface area is 120 Å². The van der Waals surface area contributed by atoms with E-state index in [2.05, 4.69) is 10.3 Å². The molecule has 0 radical (unpaired) electrons. The normalized spacial score (nSPS) is 10.1. The number of amides is 1. The topological polar surface area (TPSA) is 68.3 Å². The number of hydrogen-bond donors (Lipinski definition) is 1. The van der Waals surface area contributed by atoms with Crippen molar-refractivity contribution >= 4 is 23.2 Å². The van der Waals surface area contributed by atoms with Gasteiger partial charge in [-0.25, -0.2) is 9.78 Å². The molecule has 0 aliphatic heterocycles. The standard InChI is InChI=1S/C14H14N2O3S/c1-10-12(20-9-16-10)14(18)19-8-7-15-13(17)11-5-3-2-4-6-11/h2-6,9H,7-8H2,1H3,(H,15,17). The summed E-state index contributed by atoms with van der Waals surface area (Å²) in [7, 11) is 0. The van der Waals surface area contributed by atoms with Gasteiger partial charge < -0.3 is 10.1 Å². The Bertz CT molecular complexity index is 595. The number of esters is 1. The van der Waals surface area contributed by atoms with Gasteiger partial charge in [0.25, 0.3) is 5.91 Å². The van der Waals surface area contributed by atoms with E-state index in [4.69, 9.17) is 4.74 Å². The lowest BCUT2D eigenvalue weighted by atomic mass is 10.2. The molecule has 0 atom stereocenters. The molecular weight excluding hydrogens is 276 g/mol. The van der Waals surface area contributed by atoms with Crippen molar-refractivity contribution in [2.24, 2.45) is 0 Å². The number of rotatable bonds is 5. The maximum atomic E-state index is 11.7. The van der Waals surface area contributed by atoms with Crippen LogP contribution in [0.25, 0.3) is 0 Å². The minimum Gasteiger partial charge on any atom is -0.460 e. The summed E-state index contributed by atoms with van der Waals surface area (Å²) >= 11 is 1.25. The number of ether oxygens (including phenoxy) is 1. The summed E-state index contributed by atoms with van der Waals surface area (Å²) < 4.78 is 5.07. The highest BCUT2D eigenvalue weighted by Gasteiger charge is 2.13. The van der Waals surface area contributed by atoms with E-state index in [1.54, 1.807) is 36.7 Å². The molecule has 0 aliphatic rings. The van der Waals surface area contributed by atoms with Crippen LogP contribution in [0.15, 0.2) is 35.8 Å². The second-order valence-electron chi connectivity index (χ2n) is 4.02. The second kappa shape index (κ2) is 6.81. The number of aryl methyl sites for hydroxylation is 1. The second-order valence-corrected chi connectivity index (χ2v) is 4.88. The lowest BCUT2D eigenvalue weighted by molar-refractivity contribution is 0.0507. The van der Waals surface area contributed by atoms with E-state index in [1.807, 2.05) is 6.07 Å². The molecule has 1 heterocycles. The molecule has 0 saturated heterocycles. The maximum Gasteiger partial charge on any atom is 0.350 e. The van der Waals surface area contributed by atoms with Crippen LogP contribution in [0.2, 0.25) is 0 Å². The maximum absolute atomic E-state index is 11.7. The number of carbonyl (C=O) groups excluding carboxylic acids is 2. The molecule has 1 aromatic carbocycles. The summed E-state index contributed by atoms with van der Waals surface area (Å²) in [5.41, 5.74) is 2.84. The van der Waals surface area contributed by atoms with Crippen molar-refractivity contribution in [2.45, 2.75) is 6.92 Å². The highest BCUT2D eigenvalue weighted by atomic mass is 32.1. The van der Waals surface area contributed by atoms with Crippen molar-refractivity contribution in [1.82, 2.24) is 10.3 Å². The molecule has 0 bridgehead atoms. The van der Waals surface area contributed by atoms with E-state index in [1.165, 1.54) is 11.3 Å². The summed E-state index contributed by atoms with van der Waals surface area (Å²) in [5.74, 6) is -0.588. The quantitative estimate of drug-likeness (QED) is 0.676. The Hall–Kier alpha value is -2.21. The molecule has 1 N–H and O–H groups in total. The van der Waals surface area contributed by atoms with Crippen LogP contribution in [0.1, 0.15) is 25.7 Å². The predicted octanol–water partition coefficient (Wildman–Crippen LogP) is 2.04. The van der Waals surface area contributed by atoms with Gasteiger partial charge in [0.1, 0.15) is 11.5 Å². The van der Waals surface area contributed by atoms with Crippen molar-refractivity contribution in [3.63, 3.8) is 0 Å². The molecular formula is C14H14N2O3S. The molecule has 0 aliphatic carbocycles. The zero-order chi connectivity index (χ0) is 14.4. The molecule has 2 aromatic rings. The summed E-state index contributed by atoms with van der Waals surface area (Å²) in [6.45, 7) is 2.16. The molecule has 0 unspecified atom stereocenters. The van der Waals surface area contributed by atoms with Gasteiger partial charge >= 0.3 is 5.97 Å². The minimum atomic E-state index is -0.404. The van der Waals surface area contributed by atoms with Crippen LogP contribution in [-0.2, 0) is 4.74 Å². The molecule has 5 nitrogen and oxygen atoms in total. The van der Waals surface area contributed by atoms with E-state index < -0.39 is 5.97 Å². The lowest BCUT2D eigenvalue weighted by Crippen LogP contribution is -2.28. The number of benzene rings is 1. The van der Waals surface area contributed by atoms with Crippen LogP contribution in [0.5, 0.6) is 0 Å². The average molecular weight is 290 g/mol. The van der Waals surface area contributed by atoms with Gasteiger partial charge in [0.05, 0.1) is 17.7 Å². The fraction of sp³-hybridized carbons (Fsp3) is 0.214. The van der Waals surface area contributed by atoms with Crippen molar-refractivity contribution < 1.29 is 14.3 Å². The highest BCUT2D eigenvalue weighted by Crippen LogP contribution is 2.12. The third kappa shape index (κ3) is 3.64. The van der Waals surface area contributed by atoms with Gasteiger partial charge in [0.15, 0.2) is 0 Å². The Balaban J connectivity index is 1.73. The lowest BCUT2D eigenvalue weighted by Gasteiger charge is -2.06. The summed E-state index contributed by atoms with van der Waals surface area (Å²) in [5, 5.41) is 2.69. The zero-order valence-corrected chi connectivity index (χ0v) is 11.8. The van der Waals surface area contributed by atoms with Crippen molar-refractivity contribution in [1.29, 1.82) is 0 Å². The highest BCUT2D eigenvalue weighted by molar-refractivity contribution is 7.11. The van der Waals surface area contributed by atoms with Gasteiger partial charge in [-0.2, -0.15) is 0 Å². The van der Waals surface area contributed by atoms with Crippen molar-refractivity contribution in [3.05, 3.63) is 52.0 Å². The Morgan fingerprint density at radius 2 is 2.05 bits per heavy atom. The van der Waals surface area contributed by atoms with E-state index in [9.17, 15) is 9.59 Å². The number of aromatic nitrogens is 1. The van der Waals surface area contributed by atoms with Gasteiger partial charge in [-0.05, 0) is 19.1 Å². The van der Waals surface area contributed by atoms with E-state index in [-0.39, 0.29) is 19.1 Å². The Kier molecular flexibility index (Phi) is 4.84. The summed E-state index contributed by atoms with van der Waals surface area (Å²) in [6, 6.07) is 8.88. The van der Waals surface area contributed by atoms with Crippen molar-refractivity contribution in [3.8, 4) is 0 Å². The molecule has 1 amide bonds. The fourth-order valence-electron chi connectivity index (χ4n) is 1.56. The molecule has 1 aromatic heterocycles. The summed E-state index contributed by atoms with van der Waals surface area (Å²) in [4.78, 5) is 27.9. The van der Waals surface area contributed by atoms with E-state index in [0.29, 0.717) is 16.1 Å². The molecule has 6 heteroatoms. The van der Waals surface area contributed by atoms with Crippen LogP contribution in [-0.4, -0.2) is 30.0 Å². The largest absolute Gasteiger partial charge is 0.460 e. The van der Waals surface area contributed by atoms with Gasteiger partial charge in [-0.15, -0.1) is 11.3 Å². The fourth-order valence-corrected chi connectivity index (χ4v) is 2.26. The first-order chi connectivity index (χ1) is 9.68. The Morgan fingerprint density at radius 1 is 1.30 bits per heavy atom. The molecule has 0 spiro atoms. The first kappa shape index (κ1) is 14.2. The Morgan fingerprint density at radius 3 is 2.70 bits per heavy atom. The number of carbonyl (C=O) groups is 2. The van der Waals surface area contributed by atoms with Gasteiger partial charge in [-0.1, -0.05) is 18.2 Å². The van der Waals surface area contributed by atoms with Crippen LogP contribution in [0.4, 0.5) is 0 Å². The smallest absolute Gasteiger partial charge is 0.350 e. The van der Waals surface area contributed by atoms with E-state index in [0.717, 1.165) is 0 Å². The van der Waals surface area contributed by atoms with Crippen LogP contribution in [0.3, 0.4) is 0 Å². The first-order valence-corrected chi connectivity index (χ1v) is 6.97. The molecule has 0 saturated carbocycles. The average Bonchev–Trinajstić information content (AvgIpc) is 2.90. The monoisotopic (exact) mass is 290 g/mol. The van der Waals surface area contributed by atoms with Crippen LogP contribution in [0, 0.1) is 6.92 Å². The number of nitrogens with one attached hydrogen (secondary N) is 1. The SMILES string of the molecule is Cc1ncsc1C(=O)OCCNC(=O)c1ccccc1. The van der Waals surface area contributed by atoms with Crippen LogP contribution >= 0.6 is 11.3 Å². The summed E-state index contributed by atoms with van der Waals surface area (Å²) in [6.07, 6.45) is 0. The number of nitrogens with zero attached hydrogens (tertiary/aromatic N) is 1. The van der Waals surface area contributed by atoms with Gasteiger partial charge in [-0.3, -0.25) is 4.79 Å². The molecule has 104 valence electrons. The number of hydrogen-bond acceptors (Lipinski definition) is 5. The zero-order valence-electron chi connectivity index (χ0n) is 11.0. The molecule has 0 fully saturated rings. The predicted molar refractivity (Wildman–Crippen MR) is 75.9 cm³/mol. The third-order valence-electron chi connectivity index (χ3n) is 2.59. The van der Waals surface area contributed by atoms with Gasteiger partial charge in [0, 0.05) is 5.56 Å². The first-order valence-electron chi connectivity index (χ1n) is 6.09. The minimum absolute atomic E-state index is 0.134. The van der Waals surface area contributed by atoms with Crippen LogP contribution < -0.4 is 5.32 Å². The van der Waals surface area contributed by atoms with Crippen molar-refractivity contribution in [2.75, 3.05) is 13.2 Å². The molecule has 2 rings (SSSR count). The third-order valence-corrected chi connectivity index (χ3v) is 3.50. The van der Waals surface area contributed by atoms with E-state index >= 15 is 0 Å².